The molecule has 0 radical (unpaired) electrons. The molecule has 114 heavy (non-hydrogen) atoms. The molecule has 14 rings (SSSR count). The van der Waals surface area contributed by atoms with Crippen molar-refractivity contribution in [3.05, 3.63) is 325 Å². The number of benzene rings is 4. The Kier molecular flexibility index (Phi) is 23.0. The number of allylic oxidation sites excluding steroid dienone is 24. The number of carboxylic acid groups (broad SMARTS) is 2. The maximum Gasteiger partial charge on any atom is 0.270 e. The minimum absolute atomic E-state index is 0.0186. The predicted molar refractivity (Wildman–Crippen MR) is 415 cm³/mol. The summed E-state index contributed by atoms with van der Waals surface area (Å²) in [5, 5.41) is 66.3. The van der Waals surface area contributed by atoms with Crippen LogP contribution in [0.1, 0.15) is 116 Å². The molecule has 0 saturated heterocycles. The number of hydrogen-bond acceptors (Lipinski definition) is 26. The maximum atomic E-state index is 12.1. The SMILES string of the molecule is CC1(C)C(=CC=C2C=C([N+](=O)[O-])C=CC2=O)N(CCC(=O)[O-])c2ccccc21.CC1(C)C(=CC=C2C=C([N+](=O)[O-])C=CC2=O)N(CCS(=O)(=O)[O-])c2ccccc21.CC1(C)c2ccccc2N(CCC(=O)[O-])[C@@]12C=CC1=C(CCC([N+](=O)[O-])=C1)O2.CC1(C)c2ccccc2N(CCS(=O)(=O)[O-])[C@@]12C=CC1=C(CCC([N+](=O)[O-])=C1)O2. The van der Waals surface area contributed by atoms with Gasteiger partial charge in [0.2, 0.25) is 22.8 Å². The highest BCUT2D eigenvalue weighted by Gasteiger charge is 2.61. The van der Waals surface area contributed by atoms with Crippen LogP contribution in [-0.2, 0) is 70.5 Å². The normalized spacial score (nSPS) is 22.6. The van der Waals surface area contributed by atoms with Gasteiger partial charge in [0.1, 0.15) is 11.5 Å². The Morgan fingerprint density at radius 2 is 0.789 bits per heavy atom. The van der Waals surface area contributed by atoms with E-state index in [-0.39, 0.29) is 101 Å². The van der Waals surface area contributed by atoms with Gasteiger partial charge in [-0.3, -0.25) is 50.0 Å². The third kappa shape index (κ3) is 16.4. The Morgan fingerprint density at radius 1 is 0.439 bits per heavy atom. The Balaban J connectivity index is 0.000000150. The summed E-state index contributed by atoms with van der Waals surface area (Å²) in [4.78, 5) is 96.1. The number of carboxylic acids is 2. The van der Waals surface area contributed by atoms with Crippen LogP contribution in [0.25, 0.3) is 0 Å². The third-order valence-corrected chi connectivity index (χ3v) is 23.3. The number of rotatable bonds is 18. The van der Waals surface area contributed by atoms with E-state index in [9.17, 15) is 95.8 Å². The number of anilines is 4. The Bertz CT molecular complexity index is 5470. The lowest BCUT2D eigenvalue weighted by Crippen LogP contribution is -2.58. The molecule has 4 aromatic carbocycles. The summed E-state index contributed by atoms with van der Waals surface area (Å²) in [6.45, 7) is 16.5. The lowest BCUT2D eigenvalue weighted by atomic mass is 9.76. The molecule has 0 amide bonds. The number of hydrogen-bond donors (Lipinski definition) is 0. The van der Waals surface area contributed by atoms with Crippen LogP contribution < -0.4 is 29.8 Å². The lowest BCUT2D eigenvalue weighted by molar-refractivity contribution is -0.428. The van der Waals surface area contributed by atoms with Gasteiger partial charge in [0.15, 0.2) is 11.6 Å². The second-order valence-corrected chi connectivity index (χ2v) is 33.2. The highest BCUT2D eigenvalue weighted by Crippen LogP contribution is 2.58. The van der Waals surface area contributed by atoms with E-state index in [4.69, 9.17) is 9.47 Å². The molecule has 0 bridgehead atoms. The van der Waals surface area contributed by atoms with Gasteiger partial charge >= 0.3 is 0 Å². The molecule has 32 heteroatoms. The fraction of sp³-hybridized carbons (Fsp3) is 0.317. The second kappa shape index (κ2) is 31.7. The van der Waals surface area contributed by atoms with Crippen molar-refractivity contribution in [1.82, 2.24) is 0 Å². The molecule has 6 heterocycles. The summed E-state index contributed by atoms with van der Waals surface area (Å²) in [5.41, 5.74) is 6.71. The first kappa shape index (κ1) is 82.7. The zero-order valence-corrected chi connectivity index (χ0v) is 65.0. The monoisotopic (exact) mass is 1590 g/mol. The number of carbonyl (C=O) groups is 4. The number of ether oxygens (including phenoxy) is 2. The van der Waals surface area contributed by atoms with Gasteiger partial charge in [0.25, 0.3) is 11.4 Å². The molecule has 0 aromatic heterocycles. The van der Waals surface area contributed by atoms with Gasteiger partial charge in [-0.15, -0.1) is 0 Å². The number of para-hydroxylation sites is 4. The second-order valence-electron chi connectivity index (χ2n) is 30.1. The number of carbonyl (C=O) groups excluding carboxylic acids is 4. The Morgan fingerprint density at radius 3 is 1.17 bits per heavy atom. The van der Waals surface area contributed by atoms with Crippen molar-refractivity contribution in [2.75, 3.05) is 57.3 Å². The number of ketones is 2. The molecular weight excluding hydrogens is 1510 g/mol. The van der Waals surface area contributed by atoms with Crippen LogP contribution in [-0.4, -0.2) is 118 Å². The van der Waals surface area contributed by atoms with Crippen LogP contribution in [0.3, 0.4) is 0 Å². The number of fused-ring (bicyclic) bond motifs is 4. The van der Waals surface area contributed by atoms with E-state index in [1.54, 1.807) is 35.3 Å². The van der Waals surface area contributed by atoms with E-state index in [1.165, 1.54) is 36.5 Å². The zero-order valence-electron chi connectivity index (χ0n) is 63.3. The molecule has 4 aliphatic carbocycles. The summed E-state index contributed by atoms with van der Waals surface area (Å²) >= 11 is 0. The van der Waals surface area contributed by atoms with Crippen LogP contribution in [0.2, 0.25) is 0 Å². The molecule has 596 valence electrons. The zero-order chi connectivity index (χ0) is 83.0. The standard InChI is InChI=1S/C21H22N2O5.C21H20N2O5.C20H22N2O6S.C20H20N2O6S/c1-20(2)16-5-3-4-6-17(16)22(12-10-19(24)25)21(20)11-9-14-13-15(23(26)27)7-8-18(14)28-21;1-21(2)16-5-3-4-6-17(16)22(12-11-20(25)26)19(21)10-7-14-13-15(23(27)28)8-9-18(14)24;1-19(2)16-5-3-4-6-17(16)21(11-12-29(25,26)27)20(19)10-9-14-13-15(22(23)24)7-8-18(14)28-20;1-20(2)16-5-3-4-6-17(16)21(11-12-29(26,27)28)19(20)10-7-14-13-15(22(24)25)8-9-18(14)23/h3-6,9,11,13H,7-8,10,12H2,1-2H3,(H,24,25);3-10,13H,11-12H2,1-2H3,(H,25,26);3-6,9-10,13H,7-8,11-12H2,1-2H3,(H,25,26,27);3-10,13H,11-12H2,1-2H3,(H,26,27,28)/p-4/t21-;;20-;/m1.1./s1. The molecule has 0 unspecified atom stereocenters. The first-order chi connectivity index (χ1) is 53.5. The number of nitrogens with zero attached hydrogens (tertiary/aromatic N) is 8. The van der Waals surface area contributed by atoms with Crippen molar-refractivity contribution >= 4 is 66.5 Å². The van der Waals surface area contributed by atoms with Crippen molar-refractivity contribution in [3.8, 4) is 0 Å². The molecule has 4 aromatic rings. The van der Waals surface area contributed by atoms with Crippen molar-refractivity contribution in [1.29, 1.82) is 0 Å². The molecule has 10 aliphatic rings. The van der Waals surface area contributed by atoms with Crippen molar-refractivity contribution in [2.24, 2.45) is 0 Å². The molecule has 0 fully saturated rings. The first-order valence-electron chi connectivity index (χ1n) is 36.2. The van der Waals surface area contributed by atoms with Crippen LogP contribution in [0, 0.1) is 40.5 Å². The summed E-state index contributed by atoms with van der Waals surface area (Å²) in [7, 11) is -8.83. The Hall–Kier alpha value is -12.3. The fourth-order valence-corrected chi connectivity index (χ4v) is 16.8. The highest BCUT2D eigenvalue weighted by atomic mass is 32.2. The lowest BCUT2D eigenvalue weighted by Gasteiger charge is -2.48. The molecule has 2 atom stereocenters. The van der Waals surface area contributed by atoms with Gasteiger partial charge < -0.3 is 58.0 Å². The van der Waals surface area contributed by atoms with E-state index in [0.717, 1.165) is 62.9 Å². The van der Waals surface area contributed by atoms with Crippen LogP contribution in [0.15, 0.2) is 262 Å². The van der Waals surface area contributed by atoms with Crippen LogP contribution >= 0.6 is 0 Å². The van der Waals surface area contributed by atoms with Crippen molar-refractivity contribution in [3.63, 3.8) is 0 Å². The highest BCUT2D eigenvalue weighted by molar-refractivity contribution is 7.85. The largest absolute Gasteiger partial charge is 0.748 e. The molecule has 2 spiro atoms. The van der Waals surface area contributed by atoms with E-state index >= 15 is 0 Å². The third-order valence-electron chi connectivity index (χ3n) is 21.9. The average Bonchev–Trinajstić information content (AvgIpc) is 1.54. The van der Waals surface area contributed by atoms with Gasteiger partial charge in [0, 0.05) is 180 Å². The molecule has 6 aliphatic heterocycles. The summed E-state index contributed by atoms with van der Waals surface area (Å²) < 4.78 is 80.6. The smallest absolute Gasteiger partial charge is 0.270 e. The van der Waals surface area contributed by atoms with Crippen LogP contribution in [0.4, 0.5) is 22.7 Å². The summed E-state index contributed by atoms with van der Waals surface area (Å²) in [6.07, 6.45) is 25.1. The molecular formula is C82H80N8O22S2-4. The van der Waals surface area contributed by atoms with Gasteiger partial charge in [-0.25, -0.2) is 16.8 Å². The van der Waals surface area contributed by atoms with Crippen molar-refractivity contribution in [2.45, 2.75) is 127 Å². The van der Waals surface area contributed by atoms with E-state index in [0.29, 0.717) is 47.6 Å². The topological polar surface area (TPSA) is 433 Å². The summed E-state index contributed by atoms with van der Waals surface area (Å²) in [6, 6.07) is 30.6. The van der Waals surface area contributed by atoms with Gasteiger partial charge in [-0.2, -0.15) is 0 Å². The quantitative estimate of drug-likeness (QED) is 0.0387. The van der Waals surface area contributed by atoms with E-state index < -0.39 is 86.6 Å². The predicted octanol–water partition coefficient (Wildman–Crippen LogP) is 9.71. The molecule has 0 saturated carbocycles. The Labute approximate surface area is 656 Å². The van der Waals surface area contributed by atoms with Crippen molar-refractivity contribution < 1.29 is 84.5 Å². The fourth-order valence-electron chi connectivity index (χ4n) is 16.0. The summed E-state index contributed by atoms with van der Waals surface area (Å²) in [5.74, 6) is -2.74. The number of nitro groups is 4. The van der Waals surface area contributed by atoms with E-state index in [1.807, 2.05) is 172 Å². The van der Waals surface area contributed by atoms with E-state index in [2.05, 4.69) is 13.8 Å². The first-order valence-corrected chi connectivity index (χ1v) is 39.4. The molecule has 30 nitrogen and oxygen atoms in total. The van der Waals surface area contributed by atoms with Gasteiger partial charge in [-0.1, -0.05) is 100 Å². The minimum atomic E-state index is -4.42. The van der Waals surface area contributed by atoms with Crippen LogP contribution in [0.5, 0.6) is 0 Å². The number of aliphatic carboxylic acids is 2. The minimum Gasteiger partial charge on any atom is -0.748 e. The van der Waals surface area contributed by atoms with Gasteiger partial charge in [0.05, 0.1) is 62.3 Å². The maximum absolute atomic E-state index is 12.1. The van der Waals surface area contributed by atoms with Gasteiger partial charge in [-0.05, 0) is 135 Å². The molecule has 0 N–H and O–H groups in total. The average molecular weight is 1590 g/mol.